The van der Waals surface area contributed by atoms with Crippen molar-refractivity contribution in [3.05, 3.63) is 47.8 Å². The van der Waals surface area contributed by atoms with Gasteiger partial charge < -0.3 is 10.5 Å². The van der Waals surface area contributed by atoms with Crippen LogP contribution in [0.1, 0.15) is 0 Å². The largest absolute Gasteiger partial charge is 0.455 e. The van der Waals surface area contributed by atoms with Crippen molar-refractivity contribution < 1.29 is 4.74 Å². The van der Waals surface area contributed by atoms with Gasteiger partial charge in [-0.05, 0) is 30.3 Å². The maximum absolute atomic E-state index is 5.91. The molecule has 0 aliphatic carbocycles. The van der Waals surface area contributed by atoms with Gasteiger partial charge in [0.1, 0.15) is 11.5 Å². The molecule has 1 aliphatic heterocycles. The molecule has 1 aromatic heterocycles. The molecule has 21 heavy (non-hydrogen) atoms. The summed E-state index contributed by atoms with van der Waals surface area (Å²) in [5, 5.41) is 2.56. The molecule has 0 unspecified atom stereocenters. The fourth-order valence-electron chi connectivity index (χ4n) is 2.11. The molecule has 0 fully saturated rings. The van der Waals surface area contributed by atoms with Crippen molar-refractivity contribution >= 4 is 40.6 Å². The van der Waals surface area contributed by atoms with E-state index in [0.717, 1.165) is 32.5 Å². The third-order valence-corrected chi connectivity index (χ3v) is 4.82. The van der Waals surface area contributed by atoms with Crippen molar-refractivity contribution in [3.63, 3.8) is 0 Å². The molecule has 0 atom stereocenters. The lowest BCUT2D eigenvalue weighted by molar-refractivity contribution is 0.454. The van der Waals surface area contributed by atoms with Crippen LogP contribution in [0.3, 0.4) is 0 Å². The molecule has 2 aromatic carbocycles. The summed E-state index contributed by atoms with van der Waals surface area (Å²) in [6, 6.07) is 14.2. The van der Waals surface area contributed by atoms with E-state index in [-0.39, 0.29) is 12.4 Å². The van der Waals surface area contributed by atoms with Crippen LogP contribution in [0.4, 0.5) is 5.13 Å². The van der Waals surface area contributed by atoms with Crippen molar-refractivity contribution in [2.45, 2.75) is 9.79 Å². The first-order valence-electron chi connectivity index (χ1n) is 6.10. The summed E-state index contributed by atoms with van der Waals surface area (Å²) in [5.41, 5.74) is 7.67. The van der Waals surface area contributed by atoms with E-state index in [4.69, 9.17) is 10.5 Å². The second kappa shape index (κ2) is 5.60. The molecular formula is C15H11ClN2OS2. The highest BCUT2D eigenvalue weighted by atomic mass is 35.5. The van der Waals surface area contributed by atoms with E-state index in [2.05, 4.69) is 17.1 Å². The average molecular weight is 335 g/mol. The van der Waals surface area contributed by atoms with Gasteiger partial charge in [-0.15, -0.1) is 23.7 Å². The predicted octanol–water partition coefficient (Wildman–Crippen LogP) is 5.07. The Labute approximate surface area is 136 Å². The van der Waals surface area contributed by atoms with Crippen molar-refractivity contribution in [1.29, 1.82) is 0 Å². The van der Waals surface area contributed by atoms with E-state index in [1.807, 2.05) is 35.7 Å². The lowest BCUT2D eigenvalue weighted by atomic mass is 10.1. The van der Waals surface area contributed by atoms with Crippen molar-refractivity contribution in [3.8, 4) is 22.8 Å². The zero-order valence-corrected chi connectivity index (χ0v) is 13.2. The lowest BCUT2D eigenvalue weighted by Crippen LogP contribution is -1.95. The first-order valence-corrected chi connectivity index (χ1v) is 7.79. The number of fused-ring (bicyclic) bond motifs is 2. The van der Waals surface area contributed by atoms with E-state index in [1.54, 1.807) is 11.8 Å². The molecular weight excluding hydrogens is 324 g/mol. The van der Waals surface area contributed by atoms with Crippen molar-refractivity contribution in [2.24, 2.45) is 0 Å². The number of rotatable bonds is 1. The number of thiazole rings is 1. The summed E-state index contributed by atoms with van der Waals surface area (Å²) in [6.07, 6.45) is 0. The Bertz CT molecular complexity index is 804. The van der Waals surface area contributed by atoms with Crippen LogP contribution in [0.5, 0.6) is 11.5 Å². The molecule has 0 amide bonds. The van der Waals surface area contributed by atoms with Crippen LogP contribution in [0.15, 0.2) is 57.6 Å². The number of halogens is 1. The quantitative estimate of drug-likeness (QED) is 0.528. The summed E-state index contributed by atoms with van der Waals surface area (Å²) in [4.78, 5) is 6.56. The summed E-state index contributed by atoms with van der Waals surface area (Å²) >= 11 is 3.17. The summed E-state index contributed by atoms with van der Waals surface area (Å²) < 4.78 is 5.91. The fourth-order valence-corrected chi connectivity index (χ4v) is 3.67. The molecule has 0 saturated heterocycles. The number of anilines is 1. The van der Waals surface area contributed by atoms with Gasteiger partial charge in [0.05, 0.1) is 15.5 Å². The van der Waals surface area contributed by atoms with Gasteiger partial charge in [0.25, 0.3) is 0 Å². The van der Waals surface area contributed by atoms with Gasteiger partial charge in [-0.25, -0.2) is 4.98 Å². The van der Waals surface area contributed by atoms with Crippen molar-refractivity contribution in [2.75, 3.05) is 5.73 Å². The molecule has 3 nitrogen and oxygen atoms in total. The molecule has 3 aromatic rings. The maximum Gasteiger partial charge on any atom is 0.180 e. The Morgan fingerprint density at radius 3 is 2.62 bits per heavy atom. The van der Waals surface area contributed by atoms with Crippen LogP contribution in [0.2, 0.25) is 0 Å². The minimum atomic E-state index is 0. The number of benzene rings is 2. The summed E-state index contributed by atoms with van der Waals surface area (Å²) in [6.45, 7) is 0. The molecule has 4 rings (SSSR count). The van der Waals surface area contributed by atoms with Crippen LogP contribution in [0.25, 0.3) is 11.3 Å². The van der Waals surface area contributed by atoms with Crippen LogP contribution in [0, 0.1) is 0 Å². The molecule has 0 bridgehead atoms. The molecule has 2 N–H and O–H groups in total. The van der Waals surface area contributed by atoms with Crippen LogP contribution < -0.4 is 10.5 Å². The van der Waals surface area contributed by atoms with E-state index < -0.39 is 0 Å². The number of nitrogens with zero attached hydrogens (tertiary/aromatic N) is 1. The highest BCUT2D eigenvalue weighted by molar-refractivity contribution is 7.99. The van der Waals surface area contributed by atoms with Gasteiger partial charge in [-0.1, -0.05) is 23.9 Å². The molecule has 0 saturated carbocycles. The highest BCUT2D eigenvalue weighted by Crippen LogP contribution is 2.47. The van der Waals surface area contributed by atoms with Crippen molar-refractivity contribution in [1.82, 2.24) is 4.98 Å². The summed E-state index contributed by atoms with van der Waals surface area (Å²) in [7, 11) is 0. The Morgan fingerprint density at radius 1 is 1.00 bits per heavy atom. The van der Waals surface area contributed by atoms with E-state index in [9.17, 15) is 0 Å². The Hall–Kier alpha value is -1.69. The monoisotopic (exact) mass is 334 g/mol. The number of nitrogen functional groups attached to an aromatic ring is 1. The zero-order chi connectivity index (χ0) is 13.5. The number of hydrogen-bond donors (Lipinski definition) is 1. The van der Waals surface area contributed by atoms with Crippen LogP contribution >= 0.6 is 35.5 Å². The smallest absolute Gasteiger partial charge is 0.180 e. The van der Waals surface area contributed by atoms with Gasteiger partial charge in [-0.3, -0.25) is 0 Å². The molecule has 0 spiro atoms. The zero-order valence-electron chi connectivity index (χ0n) is 10.8. The molecule has 6 heteroatoms. The molecule has 2 heterocycles. The topological polar surface area (TPSA) is 48.1 Å². The normalized spacial score (nSPS) is 11.8. The average Bonchev–Trinajstić information content (AvgIpc) is 2.91. The summed E-state index contributed by atoms with van der Waals surface area (Å²) in [5.74, 6) is 1.80. The predicted molar refractivity (Wildman–Crippen MR) is 89.8 cm³/mol. The van der Waals surface area contributed by atoms with Crippen LogP contribution in [-0.4, -0.2) is 4.98 Å². The Balaban J connectivity index is 0.00000132. The Kier molecular flexibility index (Phi) is 3.80. The van der Waals surface area contributed by atoms with Gasteiger partial charge in [0.15, 0.2) is 5.13 Å². The van der Waals surface area contributed by atoms with Gasteiger partial charge >= 0.3 is 0 Å². The van der Waals surface area contributed by atoms with Gasteiger partial charge in [-0.2, -0.15) is 0 Å². The second-order valence-corrected chi connectivity index (χ2v) is 6.36. The SMILES string of the molecule is Cl.Nc1nc(-c2ccc3c(c2)Sc2ccccc2O3)cs1. The third kappa shape index (κ3) is 2.60. The van der Waals surface area contributed by atoms with E-state index in [0.29, 0.717) is 5.13 Å². The number of hydrogen-bond acceptors (Lipinski definition) is 5. The first-order chi connectivity index (χ1) is 9.79. The second-order valence-electron chi connectivity index (χ2n) is 4.38. The fraction of sp³-hybridized carbons (Fsp3) is 0. The minimum absolute atomic E-state index is 0. The van der Waals surface area contributed by atoms with E-state index in [1.165, 1.54) is 11.3 Å². The third-order valence-electron chi connectivity index (χ3n) is 3.05. The van der Waals surface area contributed by atoms with E-state index >= 15 is 0 Å². The molecule has 0 radical (unpaired) electrons. The number of ether oxygens (including phenoxy) is 1. The number of para-hydroxylation sites is 1. The number of aromatic nitrogens is 1. The standard InChI is InChI=1S/C15H10N2OS2.ClH/c16-15-17-10(8-19-15)9-5-6-12-14(7-9)20-13-4-2-1-3-11(13)18-12;/h1-8H,(H2,16,17);1H. The van der Waals surface area contributed by atoms with Gasteiger partial charge in [0.2, 0.25) is 0 Å². The van der Waals surface area contributed by atoms with Gasteiger partial charge in [0, 0.05) is 10.9 Å². The van der Waals surface area contributed by atoms with Crippen LogP contribution in [-0.2, 0) is 0 Å². The maximum atomic E-state index is 5.91. The molecule has 106 valence electrons. The first kappa shape index (κ1) is 14.3. The minimum Gasteiger partial charge on any atom is -0.455 e. The number of nitrogens with two attached hydrogens (primary N) is 1. The molecule has 1 aliphatic rings. The Morgan fingerprint density at radius 2 is 1.81 bits per heavy atom. The lowest BCUT2D eigenvalue weighted by Gasteiger charge is -2.19. The highest BCUT2D eigenvalue weighted by Gasteiger charge is 2.18.